The number of morpholine rings is 1. The van der Waals surface area contributed by atoms with E-state index in [1.807, 2.05) is 34.6 Å². The highest BCUT2D eigenvalue weighted by atomic mass is 32.2. The Bertz CT molecular complexity index is 829. The predicted octanol–water partition coefficient (Wildman–Crippen LogP) is 1.80. The van der Waals surface area contributed by atoms with Crippen LogP contribution in [0, 0.1) is 5.92 Å². The van der Waals surface area contributed by atoms with Gasteiger partial charge in [0.2, 0.25) is 10.0 Å². The Morgan fingerprint density at radius 1 is 1.21 bits per heavy atom. The number of hydrogen-bond donors (Lipinski definition) is 1. The Kier molecular flexibility index (Phi) is 7.79. The van der Waals surface area contributed by atoms with Crippen LogP contribution in [0.2, 0.25) is 0 Å². The summed E-state index contributed by atoms with van der Waals surface area (Å²) < 4.78 is 37.9. The fourth-order valence-electron chi connectivity index (χ4n) is 2.94. The van der Waals surface area contributed by atoms with E-state index in [2.05, 4.69) is 5.32 Å². The molecule has 9 heteroatoms. The van der Waals surface area contributed by atoms with Crippen molar-refractivity contribution in [2.24, 2.45) is 5.92 Å². The lowest BCUT2D eigenvalue weighted by Gasteiger charge is -2.34. The number of carbonyl (C=O) groups is 2. The van der Waals surface area contributed by atoms with E-state index in [1.54, 1.807) is 0 Å². The molecule has 1 aliphatic heterocycles. The van der Waals surface area contributed by atoms with Crippen molar-refractivity contribution < 1.29 is 27.5 Å². The quantitative estimate of drug-likeness (QED) is 0.667. The van der Waals surface area contributed by atoms with E-state index < -0.39 is 28.5 Å². The number of hydrogen-bond acceptors (Lipinski definition) is 6. The Labute approximate surface area is 172 Å². The molecule has 1 aromatic carbocycles. The van der Waals surface area contributed by atoms with Gasteiger partial charge in [-0.15, -0.1) is 0 Å². The van der Waals surface area contributed by atoms with Gasteiger partial charge in [-0.25, -0.2) is 13.2 Å². The monoisotopic (exact) mass is 426 g/mol. The minimum atomic E-state index is -3.77. The summed E-state index contributed by atoms with van der Waals surface area (Å²) in [5.41, 5.74) is 0.0742. The van der Waals surface area contributed by atoms with Crippen molar-refractivity contribution in [1.82, 2.24) is 9.62 Å². The van der Waals surface area contributed by atoms with Crippen LogP contribution in [0.4, 0.5) is 0 Å². The standard InChI is InChI=1S/C20H30N2O6S/c1-13(2)16(5)21-19(23)12-27-20(24)17-7-6-8-18(9-17)29(25,26)22-10-14(3)28-15(4)11-22/h6-9,13-16H,10-12H2,1-5H3,(H,21,23)/t14-,15-,16-/m0/s1. The molecular formula is C20H30N2O6S. The van der Waals surface area contributed by atoms with Gasteiger partial charge in [-0.2, -0.15) is 4.31 Å². The molecule has 1 fully saturated rings. The van der Waals surface area contributed by atoms with Gasteiger partial charge in [-0.05, 0) is 44.9 Å². The van der Waals surface area contributed by atoms with Crippen molar-refractivity contribution in [1.29, 1.82) is 0 Å². The lowest BCUT2D eigenvalue weighted by atomic mass is 10.1. The third kappa shape index (κ3) is 6.25. The lowest BCUT2D eigenvalue weighted by Crippen LogP contribution is -2.48. The molecule has 0 bridgehead atoms. The summed E-state index contributed by atoms with van der Waals surface area (Å²) in [6, 6.07) is 5.61. The first-order chi connectivity index (χ1) is 13.5. The van der Waals surface area contributed by atoms with Crippen molar-refractivity contribution in [2.75, 3.05) is 19.7 Å². The van der Waals surface area contributed by atoms with Gasteiger partial charge in [0.25, 0.3) is 5.91 Å². The van der Waals surface area contributed by atoms with E-state index in [0.717, 1.165) is 0 Å². The third-order valence-electron chi connectivity index (χ3n) is 4.82. The smallest absolute Gasteiger partial charge is 0.338 e. The van der Waals surface area contributed by atoms with Gasteiger partial charge in [0.05, 0.1) is 22.7 Å². The third-order valence-corrected chi connectivity index (χ3v) is 6.64. The highest BCUT2D eigenvalue weighted by molar-refractivity contribution is 7.89. The SMILES string of the molecule is CC(C)[C@H](C)NC(=O)COC(=O)c1cccc(S(=O)(=O)N2C[C@H](C)O[C@@H](C)C2)c1. The van der Waals surface area contributed by atoms with Crippen LogP contribution >= 0.6 is 0 Å². The van der Waals surface area contributed by atoms with Gasteiger partial charge in [0, 0.05) is 19.1 Å². The minimum Gasteiger partial charge on any atom is -0.452 e. The van der Waals surface area contributed by atoms with Gasteiger partial charge < -0.3 is 14.8 Å². The van der Waals surface area contributed by atoms with Crippen molar-refractivity contribution in [3.63, 3.8) is 0 Å². The zero-order chi connectivity index (χ0) is 21.8. The maximum Gasteiger partial charge on any atom is 0.338 e. The molecule has 1 amide bonds. The van der Waals surface area contributed by atoms with E-state index in [0.29, 0.717) is 0 Å². The normalized spacial score (nSPS) is 21.6. The Morgan fingerprint density at radius 2 is 1.83 bits per heavy atom. The molecule has 0 radical (unpaired) electrons. The molecule has 0 aromatic heterocycles. The van der Waals surface area contributed by atoms with Crippen LogP contribution < -0.4 is 5.32 Å². The summed E-state index contributed by atoms with van der Waals surface area (Å²) in [5.74, 6) is -0.903. The number of rotatable bonds is 7. The fraction of sp³-hybridized carbons (Fsp3) is 0.600. The first kappa shape index (κ1) is 23.3. The Morgan fingerprint density at radius 3 is 2.41 bits per heavy atom. The van der Waals surface area contributed by atoms with E-state index >= 15 is 0 Å². The van der Waals surface area contributed by atoms with Crippen molar-refractivity contribution >= 4 is 21.9 Å². The lowest BCUT2D eigenvalue weighted by molar-refractivity contribution is -0.125. The van der Waals surface area contributed by atoms with E-state index in [-0.39, 0.29) is 47.7 Å². The fourth-order valence-corrected chi connectivity index (χ4v) is 4.57. The van der Waals surface area contributed by atoms with Crippen LogP contribution in [-0.4, -0.2) is 62.5 Å². The highest BCUT2D eigenvalue weighted by Gasteiger charge is 2.32. The largest absolute Gasteiger partial charge is 0.452 e. The summed E-state index contributed by atoms with van der Waals surface area (Å²) in [5, 5.41) is 2.74. The first-order valence-corrected chi connectivity index (χ1v) is 11.2. The number of benzene rings is 1. The van der Waals surface area contributed by atoms with Crippen molar-refractivity contribution in [2.45, 2.75) is 57.8 Å². The van der Waals surface area contributed by atoms with Gasteiger partial charge in [0.15, 0.2) is 6.61 Å². The van der Waals surface area contributed by atoms with Gasteiger partial charge in [-0.3, -0.25) is 4.79 Å². The number of carbonyl (C=O) groups excluding carboxylic acids is 2. The maximum absolute atomic E-state index is 13.0. The average molecular weight is 427 g/mol. The topological polar surface area (TPSA) is 102 Å². The molecule has 2 rings (SSSR count). The van der Waals surface area contributed by atoms with Crippen molar-refractivity contribution in [3.8, 4) is 0 Å². The van der Waals surface area contributed by atoms with Gasteiger partial charge >= 0.3 is 5.97 Å². The zero-order valence-electron chi connectivity index (χ0n) is 17.5. The molecular weight excluding hydrogens is 396 g/mol. The van der Waals surface area contributed by atoms with Crippen LogP contribution in [0.3, 0.4) is 0 Å². The molecule has 0 saturated carbocycles. The summed E-state index contributed by atoms with van der Waals surface area (Å²) in [6.45, 7) is 9.51. The van der Waals surface area contributed by atoms with Crippen LogP contribution in [0.15, 0.2) is 29.2 Å². The molecule has 3 atom stereocenters. The number of esters is 1. The molecule has 162 valence electrons. The molecule has 1 N–H and O–H groups in total. The van der Waals surface area contributed by atoms with E-state index in [9.17, 15) is 18.0 Å². The predicted molar refractivity (Wildman–Crippen MR) is 108 cm³/mol. The minimum absolute atomic E-state index is 0.00568. The molecule has 1 heterocycles. The number of ether oxygens (including phenoxy) is 2. The Hall–Kier alpha value is -1.97. The summed E-state index contributed by atoms with van der Waals surface area (Å²) in [4.78, 5) is 24.2. The summed E-state index contributed by atoms with van der Waals surface area (Å²) in [7, 11) is -3.77. The van der Waals surface area contributed by atoms with Crippen LogP contribution in [-0.2, 0) is 24.3 Å². The second kappa shape index (κ2) is 9.69. The molecule has 1 aliphatic rings. The molecule has 0 aliphatic carbocycles. The number of nitrogens with one attached hydrogen (secondary N) is 1. The first-order valence-electron chi connectivity index (χ1n) is 9.73. The molecule has 0 spiro atoms. The van der Waals surface area contributed by atoms with E-state index in [4.69, 9.17) is 9.47 Å². The summed E-state index contributed by atoms with van der Waals surface area (Å²) in [6.07, 6.45) is -0.429. The van der Waals surface area contributed by atoms with Gasteiger partial charge in [-0.1, -0.05) is 19.9 Å². The Balaban J connectivity index is 2.06. The zero-order valence-corrected chi connectivity index (χ0v) is 18.4. The summed E-state index contributed by atoms with van der Waals surface area (Å²) >= 11 is 0. The average Bonchev–Trinajstić information content (AvgIpc) is 2.65. The van der Waals surface area contributed by atoms with Crippen LogP contribution in [0.25, 0.3) is 0 Å². The van der Waals surface area contributed by atoms with Crippen LogP contribution in [0.5, 0.6) is 0 Å². The van der Waals surface area contributed by atoms with Crippen LogP contribution in [0.1, 0.15) is 45.0 Å². The van der Waals surface area contributed by atoms with E-state index in [1.165, 1.54) is 28.6 Å². The maximum atomic E-state index is 13.0. The molecule has 1 saturated heterocycles. The van der Waals surface area contributed by atoms with Gasteiger partial charge in [0.1, 0.15) is 0 Å². The molecule has 29 heavy (non-hydrogen) atoms. The molecule has 1 aromatic rings. The number of sulfonamides is 1. The number of nitrogens with zero attached hydrogens (tertiary/aromatic N) is 1. The molecule has 0 unspecified atom stereocenters. The highest BCUT2D eigenvalue weighted by Crippen LogP contribution is 2.22. The number of amides is 1. The second-order valence-corrected chi connectivity index (χ2v) is 9.72. The van der Waals surface area contributed by atoms with Crippen molar-refractivity contribution in [3.05, 3.63) is 29.8 Å². The molecule has 8 nitrogen and oxygen atoms in total. The second-order valence-electron chi connectivity index (χ2n) is 7.78.